The third-order valence-electron chi connectivity index (χ3n) is 2.44. The normalized spacial score (nSPS) is 19.3. The SMILES string of the molecule is N#Cc1cccnc1NOCC1CCOC1. The van der Waals surface area contributed by atoms with Crippen molar-refractivity contribution in [2.45, 2.75) is 6.42 Å². The van der Waals surface area contributed by atoms with Gasteiger partial charge < -0.3 is 4.74 Å². The Morgan fingerprint density at radius 1 is 1.69 bits per heavy atom. The van der Waals surface area contributed by atoms with Gasteiger partial charge in [-0.25, -0.2) is 10.5 Å². The lowest BCUT2D eigenvalue weighted by Gasteiger charge is -2.10. The van der Waals surface area contributed by atoms with E-state index in [1.165, 1.54) is 0 Å². The molecule has 2 heterocycles. The monoisotopic (exact) mass is 219 g/mol. The quantitative estimate of drug-likeness (QED) is 0.774. The number of aromatic nitrogens is 1. The van der Waals surface area contributed by atoms with Gasteiger partial charge >= 0.3 is 0 Å². The Hall–Kier alpha value is -1.64. The first-order valence-electron chi connectivity index (χ1n) is 5.21. The minimum Gasteiger partial charge on any atom is -0.381 e. The van der Waals surface area contributed by atoms with Gasteiger partial charge in [0.2, 0.25) is 0 Å². The number of pyridine rings is 1. The Kier molecular flexibility index (Phi) is 3.70. The van der Waals surface area contributed by atoms with Crippen LogP contribution in [0.4, 0.5) is 5.82 Å². The summed E-state index contributed by atoms with van der Waals surface area (Å²) in [7, 11) is 0. The summed E-state index contributed by atoms with van der Waals surface area (Å²) in [5.74, 6) is 0.894. The van der Waals surface area contributed by atoms with Crippen molar-refractivity contribution < 1.29 is 9.57 Å². The molecule has 1 aliphatic heterocycles. The molecule has 0 aliphatic carbocycles. The maximum Gasteiger partial charge on any atom is 0.167 e. The van der Waals surface area contributed by atoms with E-state index in [9.17, 15) is 0 Å². The van der Waals surface area contributed by atoms with Crippen LogP contribution >= 0.6 is 0 Å². The summed E-state index contributed by atoms with van der Waals surface area (Å²) in [5.41, 5.74) is 3.18. The highest BCUT2D eigenvalue weighted by molar-refractivity contribution is 5.49. The second-order valence-electron chi connectivity index (χ2n) is 3.65. The molecule has 1 N–H and O–H groups in total. The van der Waals surface area contributed by atoms with Crippen molar-refractivity contribution in [2.75, 3.05) is 25.3 Å². The number of nitrogens with one attached hydrogen (secondary N) is 1. The average molecular weight is 219 g/mol. The van der Waals surface area contributed by atoms with E-state index < -0.39 is 0 Å². The van der Waals surface area contributed by atoms with Gasteiger partial charge in [-0.1, -0.05) is 0 Å². The van der Waals surface area contributed by atoms with Crippen LogP contribution in [0.1, 0.15) is 12.0 Å². The fourth-order valence-electron chi connectivity index (χ4n) is 1.52. The van der Waals surface area contributed by atoms with E-state index in [-0.39, 0.29) is 0 Å². The molecule has 1 aliphatic rings. The molecule has 5 nitrogen and oxygen atoms in total. The van der Waals surface area contributed by atoms with E-state index in [2.05, 4.69) is 10.5 Å². The largest absolute Gasteiger partial charge is 0.381 e. The third kappa shape index (κ3) is 2.69. The van der Waals surface area contributed by atoms with Crippen LogP contribution < -0.4 is 5.48 Å². The van der Waals surface area contributed by atoms with Gasteiger partial charge in [0.05, 0.1) is 18.8 Å². The van der Waals surface area contributed by atoms with Crippen molar-refractivity contribution >= 4 is 5.82 Å². The van der Waals surface area contributed by atoms with Crippen molar-refractivity contribution in [3.05, 3.63) is 23.9 Å². The number of nitriles is 1. The Balaban J connectivity index is 1.82. The van der Waals surface area contributed by atoms with Crippen LogP contribution in [-0.2, 0) is 9.57 Å². The van der Waals surface area contributed by atoms with Crippen molar-refractivity contribution in [2.24, 2.45) is 5.92 Å². The van der Waals surface area contributed by atoms with E-state index in [4.69, 9.17) is 14.8 Å². The van der Waals surface area contributed by atoms with Gasteiger partial charge in [-0.15, -0.1) is 0 Å². The summed E-state index contributed by atoms with van der Waals surface area (Å²) in [6.45, 7) is 2.12. The summed E-state index contributed by atoms with van der Waals surface area (Å²) in [6, 6.07) is 5.45. The summed E-state index contributed by atoms with van der Waals surface area (Å²) in [5, 5.41) is 8.82. The highest BCUT2D eigenvalue weighted by Gasteiger charge is 2.15. The van der Waals surface area contributed by atoms with Crippen LogP contribution in [0, 0.1) is 17.2 Å². The zero-order valence-corrected chi connectivity index (χ0v) is 8.85. The molecule has 0 radical (unpaired) electrons. The van der Waals surface area contributed by atoms with Crippen LogP contribution in [0.3, 0.4) is 0 Å². The van der Waals surface area contributed by atoms with Crippen molar-refractivity contribution in [1.29, 1.82) is 5.26 Å². The molecule has 0 aromatic carbocycles. The zero-order valence-electron chi connectivity index (χ0n) is 8.85. The highest BCUT2D eigenvalue weighted by Crippen LogP contribution is 2.14. The molecular weight excluding hydrogens is 206 g/mol. The highest BCUT2D eigenvalue weighted by atomic mass is 16.6. The standard InChI is InChI=1S/C11H13N3O2/c12-6-10-2-1-4-13-11(10)14-16-8-9-3-5-15-7-9/h1-2,4,9H,3,5,7-8H2,(H,13,14). The third-order valence-corrected chi connectivity index (χ3v) is 2.44. The molecule has 0 spiro atoms. The minimum atomic E-state index is 0.432. The predicted octanol–water partition coefficient (Wildman–Crippen LogP) is 1.33. The smallest absolute Gasteiger partial charge is 0.167 e. The Bertz CT molecular complexity index is 383. The molecule has 1 atom stereocenters. The van der Waals surface area contributed by atoms with E-state index >= 15 is 0 Å². The fourth-order valence-corrected chi connectivity index (χ4v) is 1.52. The van der Waals surface area contributed by atoms with Gasteiger partial charge in [-0.05, 0) is 18.6 Å². The van der Waals surface area contributed by atoms with E-state index in [0.29, 0.717) is 23.9 Å². The lowest BCUT2D eigenvalue weighted by molar-refractivity contribution is 0.126. The van der Waals surface area contributed by atoms with Crippen LogP contribution in [0.15, 0.2) is 18.3 Å². The first-order chi connectivity index (χ1) is 7.90. The number of anilines is 1. The van der Waals surface area contributed by atoms with Gasteiger partial charge in [0.15, 0.2) is 5.82 Å². The Morgan fingerprint density at radius 3 is 3.38 bits per heavy atom. The number of nitrogens with zero attached hydrogens (tertiary/aromatic N) is 2. The molecular formula is C11H13N3O2. The van der Waals surface area contributed by atoms with Gasteiger partial charge in [-0.2, -0.15) is 5.26 Å². The van der Waals surface area contributed by atoms with Gasteiger partial charge in [0, 0.05) is 18.7 Å². The number of ether oxygens (including phenoxy) is 1. The lowest BCUT2D eigenvalue weighted by Crippen LogP contribution is -2.14. The molecule has 1 aromatic rings. The van der Waals surface area contributed by atoms with Crippen LogP contribution in [-0.4, -0.2) is 24.8 Å². The van der Waals surface area contributed by atoms with Crippen molar-refractivity contribution in [1.82, 2.24) is 4.98 Å². The maximum absolute atomic E-state index is 8.82. The summed E-state index contributed by atoms with van der Waals surface area (Å²) < 4.78 is 5.23. The van der Waals surface area contributed by atoms with Crippen LogP contribution in [0.25, 0.3) is 0 Å². The molecule has 1 aromatic heterocycles. The lowest BCUT2D eigenvalue weighted by atomic mass is 10.1. The molecule has 0 bridgehead atoms. The van der Waals surface area contributed by atoms with E-state index in [1.54, 1.807) is 18.3 Å². The molecule has 16 heavy (non-hydrogen) atoms. The first-order valence-corrected chi connectivity index (χ1v) is 5.21. The first kappa shape index (κ1) is 10.9. The molecule has 0 saturated carbocycles. The zero-order chi connectivity index (χ0) is 11.2. The molecule has 0 amide bonds. The second-order valence-corrected chi connectivity index (χ2v) is 3.65. The summed E-state index contributed by atoms with van der Waals surface area (Å²) in [6.07, 6.45) is 2.64. The van der Waals surface area contributed by atoms with Gasteiger partial charge in [0.25, 0.3) is 0 Å². The van der Waals surface area contributed by atoms with Gasteiger partial charge in [0.1, 0.15) is 6.07 Å². The molecule has 1 unspecified atom stereocenters. The fraction of sp³-hybridized carbons (Fsp3) is 0.455. The average Bonchev–Trinajstić information content (AvgIpc) is 2.83. The molecule has 2 rings (SSSR count). The van der Waals surface area contributed by atoms with Crippen LogP contribution in [0.2, 0.25) is 0 Å². The minimum absolute atomic E-state index is 0.432. The Labute approximate surface area is 94.0 Å². The second kappa shape index (κ2) is 5.45. The Morgan fingerprint density at radius 2 is 2.62 bits per heavy atom. The number of hydrogen-bond acceptors (Lipinski definition) is 5. The van der Waals surface area contributed by atoms with Crippen molar-refractivity contribution in [3.63, 3.8) is 0 Å². The molecule has 84 valence electrons. The predicted molar refractivity (Wildman–Crippen MR) is 57.5 cm³/mol. The number of rotatable bonds is 4. The van der Waals surface area contributed by atoms with Crippen LogP contribution in [0.5, 0.6) is 0 Å². The molecule has 1 saturated heterocycles. The molecule has 1 fully saturated rings. The number of hydrogen-bond donors (Lipinski definition) is 1. The van der Waals surface area contributed by atoms with Gasteiger partial charge in [-0.3, -0.25) is 4.84 Å². The topological polar surface area (TPSA) is 67.2 Å². The van der Waals surface area contributed by atoms with Crippen molar-refractivity contribution in [3.8, 4) is 6.07 Å². The van der Waals surface area contributed by atoms with E-state index in [1.807, 2.05) is 6.07 Å². The summed E-state index contributed by atoms with van der Waals surface area (Å²) >= 11 is 0. The molecule has 5 heteroatoms. The maximum atomic E-state index is 8.82. The summed E-state index contributed by atoms with van der Waals surface area (Å²) in [4.78, 5) is 9.33. The van der Waals surface area contributed by atoms with E-state index in [0.717, 1.165) is 19.6 Å².